The van der Waals surface area contributed by atoms with Crippen LogP contribution in [0.15, 0.2) is 54.6 Å². The summed E-state index contributed by atoms with van der Waals surface area (Å²) in [5.41, 5.74) is 2.37. The van der Waals surface area contributed by atoms with Crippen LogP contribution in [0.5, 0.6) is 5.75 Å². The van der Waals surface area contributed by atoms with Gasteiger partial charge in [-0.05, 0) is 49.1 Å². The minimum atomic E-state index is 0.0751. The van der Waals surface area contributed by atoms with Crippen molar-refractivity contribution in [1.29, 1.82) is 0 Å². The molecule has 4 nitrogen and oxygen atoms in total. The number of hydrogen-bond donors (Lipinski definition) is 1. The Hall–Kier alpha value is -2.33. The number of hydrogen-bond acceptors (Lipinski definition) is 3. The molecule has 132 valence electrons. The van der Waals surface area contributed by atoms with Crippen molar-refractivity contribution >= 4 is 5.91 Å². The second-order valence-electron chi connectivity index (χ2n) is 6.81. The van der Waals surface area contributed by atoms with E-state index in [2.05, 4.69) is 29.6 Å². The number of amides is 1. The maximum Gasteiger partial charge on any atom is 0.234 e. The summed E-state index contributed by atoms with van der Waals surface area (Å²) in [5, 5.41) is 3.23. The van der Waals surface area contributed by atoms with E-state index in [9.17, 15) is 4.79 Å². The van der Waals surface area contributed by atoms with Gasteiger partial charge in [-0.3, -0.25) is 9.69 Å². The maximum atomic E-state index is 12.5. The molecule has 1 amide bonds. The van der Waals surface area contributed by atoms with Gasteiger partial charge in [0.05, 0.1) is 19.7 Å². The monoisotopic (exact) mass is 338 g/mol. The molecule has 0 saturated heterocycles. The molecule has 2 aromatic rings. The molecule has 25 heavy (non-hydrogen) atoms. The molecule has 2 aromatic carbocycles. The van der Waals surface area contributed by atoms with Crippen LogP contribution in [0.4, 0.5) is 0 Å². The van der Waals surface area contributed by atoms with E-state index in [0.717, 1.165) is 17.9 Å². The lowest BCUT2D eigenvalue weighted by atomic mass is 10.0. The Morgan fingerprint density at radius 1 is 1.16 bits per heavy atom. The Kier molecular flexibility index (Phi) is 5.71. The second kappa shape index (κ2) is 8.17. The minimum absolute atomic E-state index is 0.0751. The second-order valence-corrected chi connectivity index (χ2v) is 6.81. The first-order valence-electron chi connectivity index (χ1n) is 8.81. The van der Waals surface area contributed by atoms with Crippen molar-refractivity contribution in [3.05, 3.63) is 65.7 Å². The average Bonchev–Trinajstić information content (AvgIpc) is 3.45. The van der Waals surface area contributed by atoms with Crippen molar-refractivity contribution in [2.24, 2.45) is 5.92 Å². The number of nitrogens with one attached hydrogen (secondary N) is 1. The van der Waals surface area contributed by atoms with Crippen LogP contribution in [-0.2, 0) is 11.3 Å². The lowest BCUT2D eigenvalue weighted by molar-refractivity contribution is -0.123. The van der Waals surface area contributed by atoms with E-state index in [1.165, 1.54) is 18.4 Å². The number of ether oxygens (including phenoxy) is 1. The zero-order valence-electron chi connectivity index (χ0n) is 14.9. The Bertz CT molecular complexity index is 681. The third-order valence-electron chi connectivity index (χ3n) is 4.59. The summed E-state index contributed by atoms with van der Waals surface area (Å²) in [6.07, 6.45) is 2.35. The molecule has 0 heterocycles. The number of nitrogens with zero attached hydrogens (tertiary/aromatic N) is 1. The summed E-state index contributed by atoms with van der Waals surface area (Å²) in [6, 6.07) is 18.3. The molecule has 0 radical (unpaired) electrons. The van der Waals surface area contributed by atoms with Crippen molar-refractivity contribution in [3.63, 3.8) is 0 Å². The van der Waals surface area contributed by atoms with E-state index in [-0.39, 0.29) is 11.9 Å². The molecule has 1 aliphatic carbocycles. The highest BCUT2D eigenvalue weighted by atomic mass is 16.5. The average molecular weight is 338 g/mol. The number of benzene rings is 2. The van der Waals surface area contributed by atoms with Gasteiger partial charge in [0.25, 0.3) is 0 Å². The summed E-state index contributed by atoms with van der Waals surface area (Å²) in [7, 11) is 3.64. The van der Waals surface area contributed by atoms with Gasteiger partial charge in [-0.25, -0.2) is 0 Å². The minimum Gasteiger partial charge on any atom is -0.497 e. The molecule has 1 atom stereocenters. The molecule has 3 rings (SSSR count). The third-order valence-corrected chi connectivity index (χ3v) is 4.59. The molecule has 0 aliphatic heterocycles. The predicted molar refractivity (Wildman–Crippen MR) is 99.4 cm³/mol. The standard InChI is InChI=1S/C21H26N2O2/c1-23(14-16-6-4-3-5-7-16)15-20(24)22-21(17-8-9-17)18-10-12-19(25-2)13-11-18/h3-7,10-13,17,21H,8-9,14-15H2,1-2H3,(H,22,24). The third kappa shape index (κ3) is 5.07. The highest BCUT2D eigenvalue weighted by Gasteiger charge is 2.33. The molecule has 0 spiro atoms. The van der Waals surface area contributed by atoms with E-state index in [0.29, 0.717) is 12.5 Å². The molecule has 1 aliphatic rings. The summed E-state index contributed by atoms with van der Waals surface area (Å²) in [4.78, 5) is 14.5. The fourth-order valence-electron chi connectivity index (χ4n) is 3.13. The van der Waals surface area contributed by atoms with Gasteiger partial charge in [-0.2, -0.15) is 0 Å². The molecular weight excluding hydrogens is 312 g/mol. The van der Waals surface area contributed by atoms with Crippen LogP contribution >= 0.6 is 0 Å². The largest absolute Gasteiger partial charge is 0.497 e. The van der Waals surface area contributed by atoms with Crippen LogP contribution in [0.2, 0.25) is 0 Å². The van der Waals surface area contributed by atoms with Crippen LogP contribution in [0.1, 0.15) is 30.0 Å². The number of carbonyl (C=O) groups is 1. The van der Waals surface area contributed by atoms with Gasteiger partial charge in [0.15, 0.2) is 0 Å². The van der Waals surface area contributed by atoms with Gasteiger partial charge in [0, 0.05) is 6.54 Å². The van der Waals surface area contributed by atoms with Gasteiger partial charge in [0.2, 0.25) is 5.91 Å². The van der Waals surface area contributed by atoms with Gasteiger partial charge in [-0.15, -0.1) is 0 Å². The Morgan fingerprint density at radius 2 is 1.84 bits per heavy atom. The molecule has 1 fully saturated rings. The fourth-order valence-corrected chi connectivity index (χ4v) is 3.13. The van der Waals surface area contributed by atoms with Crippen LogP contribution in [0, 0.1) is 5.92 Å². The van der Waals surface area contributed by atoms with Gasteiger partial charge >= 0.3 is 0 Å². The van der Waals surface area contributed by atoms with Crippen LogP contribution < -0.4 is 10.1 Å². The Morgan fingerprint density at radius 3 is 2.44 bits per heavy atom. The summed E-state index contributed by atoms with van der Waals surface area (Å²) < 4.78 is 5.22. The van der Waals surface area contributed by atoms with Crippen LogP contribution in [0.25, 0.3) is 0 Å². The zero-order valence-corrected chi connectivity index (χ0v) is 14.9. The van der Waals surface area contributed by atoms with Crippen molar-refractivity contribution in [1.82, 2.24) is 10.2 Å². The Labute approximate surface area is 149 Å². The van der Waals surface area contributed by atoms with Gasteiger partial charge < -0.3 is 10.1 Å². The number of rotatable bonds is 8. The molecule has 1 N–H and O–H groups in total. The first kappa shape index (κ1) is 17.5. The van der Waals surface area contributed by atoms with Crippen molar-refractivity contribution in [2.75, 3.05) is 20.7 Å². The van der Waals surface area contributed by atoms with Crippen molar-refractivity contribution in [2.45, 2.75) is 25.4 Å². The molecule has 0 bridgehead atoms. The van der Waals surface area contributed by atoms with Crippen molar-refractivity contribution < 1.29 is 9.53 Å². The number of likely N-dealkylation sites (N-methyl/N-ethyl adjacent to an activating group) is 1. The topological polar surface area (TPSA) is 41.6 Å². The number of carbonyl (C=O) groups excluding carboxylic acids is 1. The molecule has 1 unspecified atom stereocenters. The fraction of sp³-hybridized carbons (Fsp3) is 0.381. The maximum absolute atomic E-state index is 12.5. The van der Waals surface area contributed by atoms with E-state index in [4.69, 9.17) is 4.74 Å². The van der Waals surface area contributed by atoms with E-state index < -0.39 is 0 Å². The normalized spacial score (nSPS) is 15.0. The SMILES string of the molecule is COc1ccc(C(NC(=O)CN(C)Cc2ccccc2)C2CC2)cc1. The van der Waals surface area contributed by atoms with Gasteiger partial charge in [0.1, 0.15) is 5.75 Å². The van der Waals surface area contributed by atoms with E-state index >= 15 is 0 Å². The summed E-state index contributed by atoms with van der Waals surface area (Å²) in [5.74, 6) is 1.47. The molecular formula is C21H26N2O2. The lowest BCUT2D eigenvalue weighted by Gasteiger charge is -2.22. The van der Waals surface area contributed by atoms with Gasteiger partial charge in [-0.1, -0.05) is 42.5 Å². The Balaban J connectivity index is 1.57. The summed E-state index contributed by atoms with van der Waals surface area (Å²) in [6.45, 7) is 1.17. The van der Waals surface area contributed by atoms with E-state index in [1.54, 1.807) is 7.11 Å². The highest BCUT2D eigenvalue weighted by molar-refractivity contribution is 5.78. The molecule has 1 saturated carbocycles. The van der Waals surface area contributed by atoms with Crippen molar-refractivity contribution in [3.8, 4) is 5.75 Å². The highest BCUT2D eigenvalue weighted by Crippen LogP contribution is 2.41. The molecule has 0 aromatic heterocycles. The zero-order chi connectivity index (χ0) is 17.6. The predicted octanol–water partition coefficient (Wildman–Crippen LogP) is 3.39. The van der Waals surface area contributed by atoms with E-state index in [1.807, 2.05) is 42.3 Å². The lowest BCUT2D eigenvalue weighted by Crippen LogP contribution is -2.37. The van der Waals surface area contributed by atoms with Crippen LogP contribution in [0.3, 0.4) is 0 Å². The smallest absolute Gasteiger partial charge is 0.234 e. The summed E-state index contributed by atoms with van der Waals surface area (Å²) >= 11 is 0. The van der Waals surface area contributed by atoms with Crippen LogP contribution in [-0.4, -0.2) is 31.5 Å². The first-order valence-corrected chi connectivity index (χ1v) is 8.81. The quantitative estimate of drug-likeness (QED) is 0.802. The molecule has 4 heteroatoms. The first-order chi connectivity index (χ1) is 12.2. The number of methoxy groups -OCH3 is 1.